The molecule has 1 aliphatic heterocycles. The van der Waals surface area contributed by atoms with Crippen molar-refractivity contribution in [1.82, 2.24) is 4.31 Å². The Labute approximate surface area is 145 Å². The summed E-state index contributed by atoms with van der Waals surface area (Å²) in [6, 6.07) is 5.11. The van der Waals surface area contributed by atoms with Gasteiger partial charge in [0, 0.05) is 24.7 Å². The van der Waals surface area contributed by atoms with Gasteiger partial charge in [-0.25, -0.2) is 8.42 Å². The number of aryl methyl sites for hydroxylation is 1. The Morgan fingerprint density at radius 3 is 2.42 bits per heavy atom. The maximum atomic E-state index is 13.0. The van der Waals surface area contributed by atoms with Crippen molar-refractivity contribution in [2.75, 3.05) is 18.4 Å². The first-order valence-electron chi connectivity index (χ1n) is 8.78. The third-order valence-corrected chi connectivity index (χ3v) is 6.74. The van der Waals surface area contributed by atoms with Gasteiger partial charge in [0.05, 0.1) is 4.90 Å². The summed E-state index contributed by atoms with van der Waals surface area (Å²) >= 11 is 0. The molecule has 0 bridgehead atoms. The molecule has 134 valence electrons. The fraction of sp³-hybridized carbons (Fsp3) is 0.611. The molecule has 0 spiro atoms. The van der Waals surface area contributed by atoms with Gasteiger partial charge in [0.25, 0.3) is 0 Å². The third-order valence-electron chi connectivity index (χ3n) is 4.70. The first kappa shape index (κ1) is 18.9. The Morgan fingerprint density at radius 2 is 1.83 bits per heavy atom. The average Bonchev–Trinajstić information content (AvgIpc) is 2.85. The highest BCUT2D eigenvalue weighted by Gasteiger charge is 2.27. The van der Waals surface area contributed by atoms with Crippen LogP contribution in [0.15, 0.2) is 23.1 Å². The second-order valence-electron chi connectivity index (χ2n) is 6.60. The van der Waals surface area contributed by atoms with E-state index in [9.17, 15) is 13.2 Å². The molecule has 24 heavy (non-hydrogen) atoms. The lowest BCUT2D eigenvalue weighted by Gasteiger charge is -2.21. The van der Waals surface area contributed by atoms with Crippen LogP contribution in [0.25, 0.3) is 0 Å². The van der Waals surface area contributed by atoms with E-state index in [-0.39, 0.29) is 11.8 Å². The van der Waals surface area contributed by atoms with Crippen LogP contribution in [-0.2, 0) is 14.8 Å². The van der Waals surface area contributed by atoms with E-state index in [1.54, 1.807) is 29.4 Å². The number of nitrogens with one attached hydrogen (secondary N) is 1. The van der Waals surface area contributed by atoms with Crippen molar-refractivity contribution in [2.24, 2.45) is 5.92 Å². The van der Waals surface area contributed by atoms with Crippen LogP contribution in [0, 0.1) is 12.8 Å². The molecular formula is C18H28N2O3S. The number of anilines is 1. The predicted octanol–water partition coefficient (Wildman–Crippen LogP) is 3.54. The number of carbonyl (C=O) groups excluding carboxylic acids is 1. The highest BCUT2D eigenvalue weighted by molar-refractivity contribution is 7.89. The van der Waals surface area contributed by atoms with Gasteiger partial charge in [-0.15, -0.1) is 0 Å². The summed E-state index contributed by atoms with van der Waals surface area (Å²) in [4.78, 5) is 12.4. The molecule has 0 unspecified atom stereocenters. The SMILES string of the molecule is CC[C@@H](C)C(=O)Nc1ccc(C)c(S(=O)(=O)N2CCCCCC2)c1. The minimum Gasteiger partial charge on any atom is -0.326 e. The predicted molar refractivity (Wildman–Crippen MR) is 96.5 cm³/mol. The Kier molecular flexibility index (Phi) is 6.40. The number of nitrogens with zero attached hydrogens (tertiary/aromatic N) is 1. The number of sulfonamides is 1. The van der Waals surface area contributed by atoms with E-state index in [2.05, 4.69) is 5.32 Å². The summed E-state index contributed by atoms with van der Waals surface area (Å²) in [5.74, 6) is -0.184. The molecule has 1 heterocycles. The van der Waals surface area contributed by atoms with Crippen molar-refractivity contribution < 1.29 is 13.2 Å². The molecule has 5 nitrogen and oxygen atoms in total. The lowest BCUT2D eigenvalue weighted by Crippen LogP contribution is -2.32. The zero-order chi connectivity index (χ0) is 17.7. The van der Waals surface area contributed by atoms with E-state index in [1.807, 2.05) is 13.8 Å². The average molecular weight is 353 g/mol. The highest BCUT2D eigenvalue weighted by atomic mass is 32.2. The third kappa shape index (κ3) is 4.36. The summed E-state index contributed by atoms with van der Waals surface area (Å²) in [7, 11) is -3.52. The van der Waals surface area contributed by atoms with Crippen LogP contribution in [-0.4, -0.2) is 31.7 Å². The second kappa shape index (κ2) is 8.12. The molecule has 0 radical (unpaired) electrons. The van der Waals surface area contributed by atoms with Gasteiger partial charge >= 0.3 is 0 Å². The van der Waals surface area contributed by atoms with Crippen LogP contribution >= 0.6 is 0 Å². The molecule has 1 aromatic carbocycles. The molecule has 1 amide bonds. The zero-order valence-corrected chi connectivity index (χ0v) is 15.7. The van der Waals surface area contributed by atoms with Gasteiger partial charge < -0.3 is 5.32 Å². The number of carbonyl (C=O) groups is 1. The lowest BCUT2D eigenvalue weighted by atomic mass is 10.1. The largest absolute Gasteiger partial charge is 0.326 e. The number of rotatable bonds is 5. The first-order chi connectivity index (χ1) is 11.4. The summed E-state index contributed by atoms with van der Waals surface area (Å²) in [6.07, 6.45) is 4.72. The molecule has 0 saturated carbocycles. The van der Waals surface area contributed by atoms with E-state index in [0.717, 1.165) is 32.1 Å². The minimum atomic E-state index is -3.52. The van der Waals surface area contributed by atoms with Crippen LogP contribution in [0.1, 0.15) is 51.5 Å². The summed E-state index contributed by atoms with van der Waals surface area (Å²) < 4.78 is 27.6. The molecule has 1 atom stereocenters. The van der Waals surface area contributed by atoms with Crippen molar-refractivity contribution in [2.45, 2.75) is 57.8 Å². The van der Waals surface area contributed by atoms with Crippen molar-refractivity contribution in [3.63, 3.8) is 0 Å². The van der Waals surface area contributed by atoms with Gasteiger partial charge in [-0.2, -0.15) is 4.31 Å². The van der Waals surface area contributed by atoms with Crippen molar-refractivity contribution in [1.29, 1.82) is 0 Å². The molecule has 0 aliphatic carbocycles. The summed E-state index contributed by atoms with van der Waals surface area (Å²) in [5, 5.41) is 2.83. The van der Waals surface area contributed by atoms with Crippen molar-refractivity contribution in [3.05, 3.63) is 23.8 Å². The van der Waals surface area contributed by atoms with Gasteiger partial charge in [-0.1, -0.05) is 32.8 Å². The van der Waals surface area contributed by atoms with E-state index in [0.29, 0.717) is 29.2 Å². The summed E-state index contributed by atoms with van der Waals surface area (Å²) in [5.41, 5.74) is 1.25. The van der Waals surface area contributed by atoms with Crippen LogP contribution in [0.3, 0.4) is 0 Å². The van der Waals surface area contributed by atoms with Gasteiger partial charge in [-0.3, -0.25) is 4.79 Å². The normalized spacial score (nSPS) is 18.0. The maximum Gasteiger partial charge on any atom is 0.243 e. The maximum absolute atomic E-state index is 13.0. The van der Waals surface area contributed by atoms with Gasteiger partial charge in [0.1, 0.15) is 0 Å². The van der Waals surface area contributed by atoms with E-state index in [1.165, 1.54) is 0 Å². The Morgan fingerprint density at radius 1 is 1.21 bits per heavy atom. The Bertz CT molecular complexity index is 678. The molecule has 1 fully saturated rings. The van der Waals surface area contributed by atoms with Crippen molar-refractivity contribution in [3.8, 4) is 0 Å². The first-order valence-corrected chi connectivity index (χ1v) is 10.2. The molecule has 1 aliphatic rings. The number of hydrogen-bond acceptors (Lipinski definition) is 3. The van der Waals surface area contributed by atoms with Crippen LogP contribution in [0.4, 0.5) is 5.69 Å². The topological polar surface area (TPSA) is 66.5 Å². The molecule has 1 N–H and O–H groups in total. The minimum absolute atomic E-state index is 0.0838. The van der Waals surface area contributed by atoms with Crippen LogP contribution in [0.5, 0.6) is 0 Å². The van der Waals surface area contributed by atoms with Gasteiger partial charge in [-0.05, 0) is 43.9 Å². The van der Waals surface area contributed by atoms with E-state index in [4.69, 9.17) is 0 Å². The second-order valence-corrected chi connectivity index (χ2v) is 8.50. The Balaban J connectivity index is 2.28. The molecular weight excluding hydrogens is 324 g/mol. The smallest absolute Gasteiger partial charge is 0.243 e. The van der Waals surface area contributed by atoms with Gasteiger partial charge in [0.15, 0.2) is 0 Å². The molecule has 1 saturated heterocycles. The number of hydrogen-bond donors (Lipinski definition) is 1. The Hall–Kier alpha value is -1.40. The van der Waals surface area contributed by atoms with Crippen LogP contribution in [0.2, 0.25) is 0 Å². The zero-order valence-electron chi connectivity index (χ0n) is 14.8. The molecule has 6 heteroatoms. The highest BCUT2D eigenvalue weighted by Crippen LogP contribution is 2.26. The number of amides is 1. The molecule has 0 aromatic heterocycles. The quantitative estimate of drug-likeness (QED) is 0.881. The van der Waals surface area contributed by atoms with E-state index < -0.39 is 10.0 Å². The fourth-order valence-electron chi connectivity index (χ4n) is 2.83. The van der Waals surface area contributed by atoms with Crippen molar-refractivity contribution >= 4 is 21.6 Å². The van der Waals surface area contributed by atoms with E-state index >= 15 is 0 Å². The van der Waals surface area contributed by atoms with Crippen LogP contribution < -0.4 is 5.32 Å². The molecule has 1 aromatic rings. The lowest BCUT2D eigenvalue weighted by molar-refractivity contribution is -0.119. The van der Waals surface area contributed by atoms with Gasteiger partial charge in [0.2, 0.25) is 15.9 Å². The fourth-order valence-corrected chi connectivity index (χ4v) is 4.60. The standard InChI is InChI=1S/C18H28N2O3S/c1-4-14(2)18(21)19-16-10-9-15(3)17(13-16)24(22,23)20-11-7-5-6-8-12-20/h9-10,13-14H,4-8,11-12H2,1-3H3,(H,19,21)/t14-/m1/s1. The summed E-state index contributed by atoms with van der Waals surface area (Å²) in [6.45, 7) is 6.76. The number of benzene rings is 1. The monoisotopic (exact) mass is 352 g/mol. The molecule has 2 rings (SSSR count).